The van der Waals surface area contributed by atoms with Crippen molar-refractivity contribution in [1.82, 2.24) is 0 Å². The Balaban J connectivity index is 2.70. The Bertz CT molecular complexity index is 293. The topological polar surface area (TPSA) is 41.6 Å². The summed E-state index contributed by atoms with van der Waals surface area (Å²) in [5, 5.41) is 0. The molecule has 0 saturated heterocycles. The second-order valence-corrected chi connectivity index (χ2v) is 3.13. The molecule has 1 aromatic carbocycles. The van der Waals surface area contributed by atoms with Gasteiger partial charge in [-0.2, -0.15) is 0 Å². The van der Waals surface area contributed by atoms with E-state index in [0.717, 1.165) is 18.7 Å². The van der Waals surface area contributed by atoms with Gasteiger partial charge in [-0.3, -0.25) is 4.99 Å². The number of nitrogens with zero attached hydrogens (tertiary/aromatic N) is 2. The minimum Gasteiger partial charge on any atom is -0.370 e. The van der Waals surface area contributed by atoms with E-state index in [9.17, 15) is 0 Å². The minimum atomic E-state index is 0.568. The Morgan fingerprint density at radius 1 is 1.36 bits per heavy atom. The average Bonchev–Trinajstić information content (AvgIpc) is 2.26. The highest BCUT2D eigenvalue weighted by Crippen LogP contribution is 2.10. The van der Waals surface area contributed by atoms with Crippen LogP contribution in [0.4, 0.5) is 5.69 Å². The molecule has 1 rings (SSSR count). The Kier molecular flexibility index (Phi) is 3.98. The maximum Gasteiger partial charge on any atom is 0.195 e. The monoisotopic (exact) mass is 191 g/mol. The highest BCUT2D eigenvalue weighted by atomic mass is 15.2. The van der Waals surface area contributed by atoms with Crippen molar-refractivity contribution >= 4 is 11.6 Å². The number of hydrogen-bond acceptors (Lipinski definition) is 1. The van der Waals surface area contributed by atoms with E-state index >= 15 is 0 Å². The van der Waals surface area contributed by atoms with Crippen LogP contribution in [-0.2, 0) is 0 Å². The Morgan fingerprint density at radius 3 is 2.57 bits per heavy atom. The van der Waals surface area contributed by atoms with Crippen LogP contribution in [0.1, 0.15) is 13.3 Å². The molecule has 1 aromatic rings. The lowest BCUT2D eigenvalue weighted by molar-refractivity contribution is 0.923. The first-order valence-electron chi connectivity index (χ1n) is 4.84. The lowest BCUT2D eigenvalue weighted by atomic mass is 10.3. The molecule has 0 spiro atoms. The summed E-state index contributed by atoms with van der Waals surface area (Å²) in [5.74, 6) is 0.568. The van der Waals surface area contributed by atoms with E-state index < -0.39 is 0 Å². The Hall–Kier alpha value is -1.51. The van der Waals surface area contributed by atoms with Crippen LogP contribution in [0.25, 0.3) is 0 Å². The summed E-state index contributed by atoms with van der Waals surface area (Å²) in [5.41, 5.74) is 6.87. The molecule has 3 nitrogen and oxygen atoms in total. The zero-order chi connectivity index (χ0) is 10.4. The van der Waals surface area contributed by atoms with Crippen LogP contribution in [0, 0.1) is 0 Å². The Labute approximate surface area is 85.3 Å². The van der Waals surface area contributed by atoms with Crippen LogP contribution in [-0.4, -0.2) is 19.6 Å². The second-order valence-electron chi connectivity index (χ2n) is 3.13. The summed E-state index contributed by atoms with van der Waals surface area (Å²) in [7, 11) is 1.92. The van der Waals surface area contributed by atoms with Gasteiger partial charge in [0.25, 0.3) is 0 Å². The van der Waals surface area contributed by atoms with Crippen LogP contribution in [0.2, 0.25) is 0 Å². The third-order valence-corrected chi connectivity index (χ3v) is 1.98. The molecule has 2 N–H and O–H groups in total. The van der Waals surface area contributed by atoms with Gasteiger partial charge < -0.3 is 10.6 Å². The van der Waals surface area contributed by atoms with E-state index in [1.807, 2.05) is 42.3 Å². The van der Waals surface area contributed by atoms with Crippen molar-refractivity contribution in [2.75, 3.05) is 18.5 Å². The SMILES string of the molecule is CCCN=C(N)N(C)c1ccccc1. The van der Waals surface area contributed by atoms with Gasteiger partial charge in [0.1, 0.15) is 0 Å². The fraction of sp³-hybridized carbons (Fsp3) is 0.364. The first-order valence-corrected chi connectivity index (χ1v) is 4.84. The molecule has 3 heteroatoms. The number of benzene rings is 1. The number of anilines is 1. The van der Waals surface area contributed by atoms with Gasteiger partial charge in [-0.05, 0) is 18.6 Å². The van der Waals surface area contributed by atoms with Gasteiger partial charge in [0.05, 0.1) is 0 Å². The molecule has 0 saturated carbocycles. The lowest BCUT2D eigenvalue weighted by Crippen LogP contribution is -2.34. The molecule has 0 heterocycles. The number of nitrogens with two attached hydrogens (primary N) is 1. The number of para-hydroxylation sites is 1. The summed E-state index contributed by atoms with van der Waals surface area (Å²) in [6, 6.07) is 9.97. The lowest BCUT2D eigenvalue weighted by Gasteiger charge is -2.17. The molecular weight excluding hydrogens is 174 g/mol. The van der Waals surface area contributed by atoms with E-state index in [0.29, 0.717) is 5.96 Å². The molecule has 0 fully saturated rings. The molecule has 0 aliphatic heterocycles. The second kappa shape index (κ2) is 5.27. The molecule has 0 atom stereocenters. The fourth-order valence-electron chi connectivity index (χ4n) is 1.12. The average molecular weight is 191 g/mol. The van der Waals surface area contributed by atoms with Crippen molar-refractivity contribution < 1.29 is 0 Å². The summed E-state index contributed by atoms with van der Waals surface area (Å²) < 4.78 is 0. The standard InChI is InChI=1S/C11H17N3/c1-3-9-13-11(12)14(2)10-7-5-4-6-8-10/h4-8H,3,9H2,1-2H3,(H2,12,13). The van der Waals surface area contributed by atoms with Gasteiger partial charge in [0, 0.05) is 19.3 Å². The highest BCUT2D eigenvalue weighted by molar-refractivity contribution is 5.94. The van der Waals surface area contributed by atoms with Crippen LogP contribution in [0.3, 0.4) is 0 Å². The fourth-order valence-corrected chi connectivity index (χ4v) is 1.12. The molecular formula is C11H17N3. The first kappa shape index (κ1) is 10.6. The molecule has 14 heavy (non-hydrogen) atoms. The van der Waals surface area contributed by atoms with Crippen molar-refractivity contribution in [3.05, 3.63) is 30.3 Å². The van der Waals surface area contributed by atoms with Crippen molar-refractivity contribution in [3.8, 4) is 0 Å². The minimum absolute atomic E-state index is 0.568. The maximum atomic E-state index is 5.81. The van der Waals surface area contributed by atoms with Gasteiger partial charge in [-0.1, -0.05) is 25.1 Å². The number of guanidine groups is 1. The van der Waals surface area contributed by atoms with Gasteiger partial charge in [0.2, 0.25) is 0 Å². The normalized spacial score (nSPS) is 11.4. The summed E-state index contributed by atoms with van der Waals surface area (Å²) >= 11 is 0. The maximum absolute atomic E-state index is 5.81. The third-order valence-electron chi connectivity index (χ3n) is 1.98. The van der Waals surface area contributed by atoms with Crippen molar-refractivity contribution in [1.29, 1.82) is 0 Å². The van der Waals surface area contributed by atoms with Crippen molar-refractivity contribution in [2.45, 2.75) is 13.3 Å². The largest absolute Gasteiger partial charge is 0.370 e. The van der Waals surface area contributed by atoms with E-state index in [-0.39, 0.29) is 0 Å². The molecule has 0 aliphatic carbocycles. The van der Waals surface area contributed by atoms with Crippen LogP contribution in [0.5, 0.6) is 0 Å². The van der Waals surface area contributed by atoms with E-state index in [4.69, 9.17) is 5.73 Å². The zero-order valence-corrected chi connectivity index (χ0v) is 8.77. The number of hydrogen-bond donors (Lipinski definition) is 1. The van der Waals surface area contributed by atoms with Crippen LogP contribution in [0.15, 0.2) is 35.3 Å². The van der Waals surface area contributed by atoms with Crippen molar-refractivity contribution in [3.63, 3.8) is 0 Å². The predicted molar refractivity (Wildman–Crippen MR) is 61.6 cm³/mol. The molecule has 0 unspecified atom stereocenters. The smallest absolute Gasteiger partial charge is 0.195 e. The van der Waals surface area contributed by atoms with Crippen LogP contribution >= 0.6 is 0 Å². The third kappa shape index (κ3) is 2.76. The number of rotatable bonds is 3. The van der Waals surface area contributed by atoms with Gasteiger partial charge >= 0.3 is 0 Å². The van der Waals surface area contributed by atoms with E-state index in [2.05, 4.69) is 11.9 Å². The molecule has 0 aromatic heterocycles. The van der Waals surface area contributed by atoms with Gasteiger partial charge in [-0.25, -0.2) is 0 Å². The quantitative estimate of drug-likeness (QED) is 0.585. The van der Waals surface area contributed by atoms with Crippen molar-refractivity contribution in [2.24, 2.45) is 10.7 Å². The summed E-state index contributed by atoms with van der Waals surface area (Å²) in [4.78, 5) is 6.12. The zero-order valence-electron chi connectivity index (χ0n) is 8.77. The van der Waals surface area contributed by atoms with Crippen LogP contribution < -0.4 is 10.6 Å². The van der Waals surface area contributed by atoms with Gasteiger partial charge in [-0.15, -0.1) is 0 Å². The Morgan fingerprint density at radius 2 is 2.00 bits per heavy atom. The van der Waals surface area contributed by atoms with Gasteiger partial charge in [0.15, 0.2) is 5.96 Å². The summed E-state index contributed by atoms with van der Waals surface area (Å²) in [6.45, 7) is 2.86. The summed E-state index contributed by atoms with van der Waals surface area (Å²) in [6.07, 6.45) is 1.02. The van der Waals surface area contributed by atoms with E-state index in [1.54, 1.807) is 0 Å². The molecule has 0 bridgehead atoms. The molecule has 0 aliphatic rings. The first-order chi connectivity index (χ1) is 6.75. The van der Waals surface area contributed by atoms with E-state index in [1.165, 1.54) is 0 Å². The highest BCUT2D eigenvalue weighted by Gasteiger charge is 2.02. The molecule has 0 amide bonds. The molecule has 76 valence electrons. The number of aliphatic imine (C=N–C) groups is 1. The molecule has 0 radical (unpaired) electrons. The predicted octanol–water partition coefficient (Wildman–Crippen LogP) is 1.85.